The highest BCUT2D eigenvalue weighted by Gasteiger charge is 2.13. The molecule has 7 nitrogen and oxygen atoms in total. The zero-order valence-corrected chi connectivity index (χ0v) is 15.5. The zero-order chi connectivity index (χ0) is 18.7. The molecule has 0 saturated heterocycles. The van der Waals surface area contributed by atoms with Gasteiger partial charge in [0.15, 0.2) is 0 Å². The van der Waals surface area contributed by atoms with Gasteiger partial charge in [-0.1, -0.05) is 23.9 Å². The Bertz CT molecular complexity index is 955. The monoisotopic (exact) mass is 369 g/mol. The summed E-state index contributed by atoms with van der Waals surface area (Å²) in [5.74, 6) is -0.0852. The highest BCUT2D eigenvalue weighted by Crippen LogP contribution is 2.25. The molecule has 0 atom stereocenters. The lowest BCUT2D eigenvalue weighted by molar-refractivity contribution is -0.113. The van der Waals surface area contributed by atoms with E-state index in [2.05, 4.69) is 20.8 Å². The van der Waals surface area contributed by atoms with E-state index < -0.39 is 0 Å². The zero-order valence-electron chi connectivity index (χ0n) is 14.7. The van der Waals surface area contributed by atoms with Gasteiger partial charge in [-0.15, -0.1) is 5.10 Å². The molecular formula is C18H19N5O2S. The van der Waals surface area contributed by atoms with Gasteiger partial charge in [0.1, 0.15) is 5.75 Å². The van der Waals surface area contributed by atoms with Crippen molar-refractivity contribution in [3.05, 3.63) is 53.1 Å². The van der Waals surface area contributed by atoms with Crippen LogP contribution in [0.1, 0.15) is 16.7 Å². The van der Waals surface area contributed by atoms with Gasteiger partial charge in [0.25, 0.3) is 0 Å². The van der Waals surface area contributed by atoms with Crippen LogP contribution in [0, 0.1) is 20.8 Å². The Morgan fingerprint density at radius 3 is 2.73 bits per heavy atom. The number of amides is 1. The SMILES string of the molecule is Cc1ccc(O)c(NC(=O)CSc2nnnn2-c2ccc(C)c(C)c2)c1. The standard InChI is InChI=1S/C18H19N5O2S/c1-11-4-7-16(24)15(8-11)19-17(25)10-26-18-20-21-22-23(18)14-6-5-12(2)13(3)9-14/h4-9,24H,10H2,1-3H3,(H,19,25). The summed E-state index contributed by atoms with van der Waals surface area (Å²) in [6, 6.07) is 11.0. The Kier molecular flexibility index (Phi) is 5.22. The molecule has 1 heterocycles. The Balaban J connectivity index is 1.69. The van der Waals surface area contributed by atoms with Gasteiger partial charge >= 0.3 is 0 Å². The molecule has 0 unspecified atom stereocenters. The van der Waals surface area contributed by atoms with Crippen LogP contribution in [0.25, 0.3) is 5.69 Å². The molecular weight excluding hydrogens is 350 g/mol. The molecule has 0 radical (unpaired) electrons. The third-order valence-corrected chi connectivity index (χ3v) is 4.85. The Labute approximate surface area is 155 Å². The van der Waals surface area contributed by atoms with Crippen LogP contribution in [0.2, 0.25) is 0 Å². The van der Waals surface area contributed by atoms with Crippen LogP contribution in [0.3, 0.4) is 0 Å². The molecule has 2 aromatic carbocycles. The Morgan fingerprint density at radius 1 is 1.15 bits per heavy atom. The van der Waals surface area contributed by atoms with Crippen LogP contribution in [-0.2, 0) is 4.79 Å². The van der Waals surface area contributed by atoms with E-state index in [-0.39, 0.29) is 17.4 Å². The second kappa shape index (κ2) is 7.57. The topological polar surface area (TPSA) is 92.9 Å². The minimum atomic E-state index is -0.245. The molecule has 134 valence electrons. The molecule has 0 aliphatic carbocycles. The number of anilines is 1. The molecule has 0 fully saturated rings. The minimum absolute atomic E-state index is 0.0360. The van der Waals surface area contributed by atoms with Crippen molar-refractivity contribution in [3.8, 4) is 11.4 Å². The van der Waals surface area contributed by atoms with Gasteiger partial charge in [-0.2, -0.15) is 4.68 Å². The van der Waals surface area contributed by atoms with E-state index in [0.717, 1.165) is 16.8 Å². The molecule has 0 saturated carbocycles. The molecule has 1 aromatic heterocycles. The van der Waals surface area contributed by atoms with E-state index in [1.54, 1.807) is 22.9 Å². The van der Waals surface area contributed by atoms with E-state index in [1.165, 1.54) is 17.3 Å². The normalized spacial score (nSPS) is 10.7. The predicted molar refractivity (Wildman–Crippen MR) is 101 cm³/mol. The van der Waals surface area contributed by atoms with Gasteiger partial charge in [0.2, 0.25) is 11.1 Å². The number of nitrogens with one attached hydrogen (secondary N) is 1. The summed E-state index contributed by atoms with van der Waals surface area (Å²) in [5.41, 5.74) is 4.51. The van der Waals surface area contributed by atoms with E-state index >= 15 is 0 Å². The highest BCUT2D eigenvalue weighted by atomic mass is 32.2. The first-order chi connectivity index (χ1) is 12.4. The smallest absolute Gasteiger partial charge is 0.234 e. The number of phenolic OH excluding ortho intramolecular Hbond substituents is 1. The van der Waals surface area contributed by atoms with Gasteiger partial charge in [-0.05, 0) is 72.2 Å². The lowest BCUT2D eigenvalue weighted by Crippen LogP contribution is -2.15. The number of nitrogens with zero attached hydrogens (tertiary/aromatic N) is 4. The average Bonchev–Trinajstić information content (AvgIpc) is 3.07. The number of carbonyl (C=O) groups excluding carboxylic acids is 1. The van der Waals surface area contributed by atoms with Crippen molar-refractivity contribution in [3.63, 3.8) is 0 Å². The summed E-state index contributed by atoms with van der Waals surface area (Å²) in [7, 11) is 0. The van der Waals surface area contributed by atoms with E-state index in [4.69, 9.17) is 0 Å². The minimum Gasteiger partial charge on any atom is -0.506 e. The van der Waals surface area contributed by atoms with Crippen LogP contribution in [0.15, 0.2) is 41.6 Å². The molecule has 3 rings (SSSR count). The second-order valence-electron chi connectivity index (χ2n) is 6.00. The van der Waals surface area contributed by atoms with Gasteiger partial charge in [-0.25, -0.2) is 0 Å². The predicted octanol–water partition coefficient (Wildman–Crippen LogP) is 3.02. The average molecular weight is 369 g/mol. The summed E-state index contributed by atoms with van der Waals surface area (Å²) >= 11 is 1.23. The summed E-state index contributed by atoms with van der Waals surface area (Å²) in [4.78, 5) is 12.2. The fourth-order valence-corrected chi connectivity index (χ4v) is 3.05. The Hall–Kier alpha value is -2.87. The third-order valence-electron chi connectivity index (χ3n) is 3.93. The maximum atomic E-state index is 12.2. The molecule has 8 heteroatoms. The number of aromatic nitrogens is 4. The summed E-state index contributed by atoms with van der Waals surface area (Å²) in [5, 5.41) is 24.8. The van der Waals surface area contributed by atoms with Gasteiger partial charge in [0.05, 0.1) is 17.1 Å². The molecule has 0 aliphatic rings. The maximum absolute atomic E-state index is 12.2. The number of tetrazole rings is 1. The molecule has 0 spiro atoms. The molecule has 3 aromatic rings. The first-order valence-electron chi connectivity index (χ1n) is 8.02. The second-order valence-corrected chi connectivity index (χ2v) is 6.94. The van der Waals surface area contributed by atoms with Crippen LogP contribution in [0.5, 0.6) is 5.75 Å². The number of phenols is 1. The van der Waals surface area contributed by atoms with Crippen LogP contribution in [0.4, 0.5) is 5.69 Å². The van der Waals surface area contributed by atoms with Crippen molar-refractivity contribution in [2.45, 2.75) is 25.9 Å². The van der Waals surface area contributed by atoms with Gasteiger partial charge in [0, 0.05) is 0 Å². The fraction of sp³-hybridized carbons (Fsp3) is 0.222. The number of benzene rings is 2. The van der Waals surface area contributed by atoms with Crippen LogP contribution < -0.4 is 5.32 Å². The first-order valence-corrected chi connectivity index (χ1v) is 9.01. The quantitative estimate of drug-likeness (QED) is 0.530. The van der Waals surface area contributed by atoms with Crippen molar-refractivity contribution in [1.82, 2.24) is 20.2 Å². The molecule has 0 bridgehead atoms. The first kappa shape index (κ1) is 17.9. The molecule has 2 N–H and O–H groups in total. The van der Waals surface area contributed by atoms with Crippen LogP contribution >= 0.6 is 11.8 Å². The molecule has 0 aliphatic heterocycles. The van der Waals surface area contributed by atoms with Crippen molar-refractivity contribution < 1.29 is 9.90 Å². The number of thioether (sulfide) groups is 1. The fourth-order valence-electron chi connectivity index (χ4n) is 2.35. The van der Waals surface area contributed by atoms with Crippen molar-refractivity contribution in [1.29, 1.82) is 0 Å². The number of hydrogen-bond acceptors (Lipinski definition) is 6. The number of carbonyl (C=O) groups is 1. The highest BCUT2D eigenvalue weighted by molar-refractivity contribution is 7.99. The van der Waals surface area contributed by atoms with Crippen molar-refractivity contribution >= 4 is 23.4 Å². The third kappa shape index (κ3) is 4.02. The van der Waals surface area contributed by atoms with Gasteiger partial charge in [-0.3, -0.25) is 4.79 Å². The summed E-state index contributed by atoms with van der Waals surface area (Å²) in [6.07, 6.45) is 0. The number of aromatic hydroxyl groups is 1. The lowest BCUT2D eigenvalue weighted by Gasteiger charge is -2.09. The number of aryl methyl sites for hydroxylation is 3. The Morgan fingerprint density at radius 2 is 1.96 bits per heavy atom. The summed E-state index contributed by atoms with van der Waals surface area (Å²) < 4.78 is 1.61. The number of hydrogen-bond donors (Lipinski definition) is 2. The lowest BCUT2D eigenvalue weighted by atomic mass is 10.1. The van der Waals surface area contributed by atoms with E-state index in [1.807, 2.05) is 39.0 Å². The maximum Gasteiger partial charge on any atom is 0.234 e. The van der Waals surface area contributed by atoms with Crippen LogP contribution in [-0.4, -0.2) is 37.0 Å². The number of rotatable bonds is 5. The summed E-state index contributed by atoms with van der Waals surface area (Å²) in [6.45, 7) is 5.96. The van der Waals surface area contributed by atoms with E-state index in [0.29, 0.717) is 10.8 Å². The van der Waals surface area contributed by atoms with Gasteiger partial charge < -0.3 is 10.4 Å². The molecule has 1 amide bonds. The molecule has 26 heavy (non-hydrogen) atoms. The van der Waals surface area contributed by atoms with Crippen molar-refractivity contribution in [2.75, 3.05) is 11.1 Å². The largest absolute Gasteiger partial charge is 0.506 e. The van der Waals surface area contributed by atoms with E-state index in [9.17, 15) is 9.90 Å². The van der Waals surface area contributed by atoms with Crippen molar-refractivity contribution in [2.24, 2.45) is 0 Å².